The van der Waals surface area contributed by atoms with Crippen molar-refractivity contribution < 1.29 is 14.3 Å². The summed E-state index contributed by atoms with van der Waals surface area (Å²) >= 11 is 0. The van der Waals surface area contributed by atoms with Crippen LogP contribution < -0.4 is 0 Å². The molecule has 1 atom stereocenters. The third-order valence-corrected chi connectivity index (χ3v) is 3.95. The average molecular weight is 289 g/mol. The minimum absolute atomic E-state index is 0.0970. The molecular weight excluding hydrogens is 266 g/mol. The maximum absolute atomic E-state index is 12.1. The van der Waals surface area contributed by atoms with Crippen LogP contribution in [-0.2, 0) is 9.53 Å². The third kappa shape index (κ3) is 4.06. The lowest BCUT2D eigenvalue weighted by Gasteiger charge is -2.30. The molecule has 1 aliphatic heterocycles. The molecule has 0 aromatic heterocycles. The molecule has 0 spiro atoms. The normalized spacial score (nSPS) is 18.4. The molecule has 0 saturated carbocycles. The number of piperidine rings is 1. The number of hydrogen-bond donors (Lipinski definition) is 0. The van der Waals surface area contributed by atoms with Gasteiger partial charge in [-0.1, -0.05) is 24.6 Å². The molecule has 2 rings (SSSR count). The topological polar surface area (TPSA) is 46.6 Å². The van der Waals surface area contributed by atoms with Gasteiger partial charge in [-0.2, -0.15) is 0 Å². The second-order valence-electron chi connectivity index (χ2n) is 5.98. The molecule has 1 amide bonds. The van der Waals surface area contributed by atoms with Crippen molar-refractivity contribution in [3.63, 3.8) is 0 Å². The van der Waals surface area contributed by atoms with Crippen molar-refractivity contribution in [2.24, 2.45) is 5.92 Å². The van der Waals surface area contributed by atoms with Crippen LogP contribution in [-0.4, -0.2) is 36.5 Å². The monoisotopic (exact) mass is 289 g/mol. The van der Waals surface area contributed by atoms with E-state index in [0.29, 0.717) is 11.5 Å². The number of ether oxygens (including phenoxy) is 1. The van der Waals surface area contributed by atoms with Crippen LogP contribution in [0, 0.1) is 19.8 Å². The second kappa shape index (κ2) is 6.74. The van der Waals surface area contributed by atoms with Crippen LogP contribution >= 0.6 is 0 Å². The fraction of sp³-hybridized carbons (Fsp3) is 0.529. The van der Waals surface area contributed by atoms with Crippen molar-refractivity contribution in [2.75, 3.05) is 19.7 Å². The zero-order chi connectivity index (χ0) is 15.4. The molecule has 21 heavy (non-hydrogen) atoms. The summed E-state index contributed by atoms with van der Waals surface area (Å²) < 4.78 is 5.18. The third-order valence-electron chi connectivity index (χ3n) is 3.95. The van der Waals surface area contributed by atoms with Gasteiger partial charge in [-0.05, 0) is 44.2 Å². The molecule has 1 aromatic carbocycles. The zero-order valence-electron chi connectivity index (χ0n) is 13.0. The zero-order valence-corrected chi connectivity index (χ0v) is 13.0. The summed E-state index contributed by atoms with van der Waals surface area (Å²) in [5, 5.41) is 0. The SMILES string of the molecule is Cc1ccc(C)c(C(=O)OCC(=O)N2CCCC(C)C2)c1. The Labute approximate surface area is 126 Å². The minimum Gasteiger partial charge on any atom is -0.452 e. The quantitative estimate of drug-likeness (QED) is 0.804. The summed E-state index contributed by atoms with van der Waals surface area (Å²) in [6, 6.07) is 5.64. The average Bonchev–Trinajstić information content (AvgIpc) is 2.47. The number of aryl methyl sites for hydroxylation is 2. The molecule has 0 aliphatic carbocycles. The summed E-state index contributed by atoms with van der Waals surface area (Å²) in [6.07, 6.45) is 2.18. The molecule has 1 heterocycles. The first kappa shape index (κ1) is 15.5. The number of amides is 1. The van der Waals surface area contributed by atoms with E-state index in [1.165, 1.54) is 0 Å². The Balaban J connectivity index is 1.91. The van der Waals surface area contributed by atoms with Gasteiger partial charge in [-0.3, -0.25) is 4.79 Å². The Hall–Kier alpha value is -1.84. The summed E-state index contributed by atoms with van der Waals surface area (Å²) in [5.74, 6) is 0.00670. The second-order valence-corrected chi connectivity index (χ2v) is 5.98. The number of nitrogens with zero attached hydrogens (tertiary/aromatic N) is 1. The number of esters is 1. The Kier molecular flexibility index (Phi) is 4.99. The lowest BCUT2D eigenvalue weighted by atomic mass is 10.0. The molecule has 4 nitrogen and oxygen atoms in total. The summed E-state index contributed by atoms with van der Waals surface area (Å²) in [5.41, 5.74) is 2.41. The molecule has 114 valence electrons. The van der Waals surface area contributed by atoms with Crippen molar-refractivity contribution in [3.8, 4) is 0 Å². The maximum Gasteiger partial charge on any atom is 0.338 e. The first-order valence-corrected chi connectivity index (χ1v) is 7.49. The molecule has 1 fully saturated rings. The van der Waals surface area contributed by atoms with Gasteiger partial charge in [-0.15, -0.1) is 0 Å². The molecule has 1 saturated heterocycles. The van der Waals surface area contributed by atoms with E-state index < -0.39 is 5.97 Å². The standard InChI is InChI=1S/C17H23NO3/c1-12-6-7-14(3)15(9-12)17(20)21-11-16(19)18-8-4-5-13(2)10-18/h6-7,9,13H,4-5,8,10-11H2,1-3H3. The van der Waals surface area contributed by atoms with E-state index in [0.717, 1.165) is 37.1 Å². The smallest absolute Gasteiger partial charge is 0.338 e. The Bertz CT molecular complexity index is 539. The predicted octanol–water partition coefficient (Wildman–Crippen LogP) is 2.72. The summed E-state index contributed by atoms with van der Waals surface area (Å²) in [4.78, 5) is 26.0. The fourth-order valence-electron chi connectivity index (χ4n) is 2.67. The van der Waals surface area contributed by atoms with Crippen LogP contribution in [0.2, 0.25) is 0 Å². The van der Waals surface area contributed by atoms with Crippen molar-refractivity contribution in [3.05, 3.63) is 34.9 Å². The van der Waals surface area contributed by atoms with Crippen LogP contribution in [0.25, 0.3) is 0 Å². The Morgan fingerprint density at radius 3 is 2.81 bits per heavy atom. The highest BCUT2D eigenvalue weighted by molar-refractivity contribution is 5.92. The van der Waals surface area contributed by atoms with E-state index in [1.54, 1.807) is 11.0 Å². The van der Waals surface area contributed by atoms with Crippen LogP contribution in [0.15, 0.2) is 18.2 Å². The summed E-state index contributed by atoms with van der Waals surface area (Å²) in [6.45, 7) is 7.30. The van der Waals surface area contributed by atoms with E-state index in [9.17, 15) is 9.59 Å². The molecule has 1 unspecified atom stereocenters. The number of likely N-dealkylation sites (tertiary alicyclic amines) is 1. The van der Waals surface area contributed by atoms with E-state index in [4.69, 9.17) is 4.74 Å². The van der Waals surface area contributed by atoms with Crippen LogP contribution in [0.3, 0.4) is 0 Å². The van der Waals surface area contributed by atoms with Crippen molar-refractivity contribution in [2.45, 2.75) is 33.6 Å². The lowest BCUT2D eigenvalue weighted by molar-refractivity contribution is -0.136. The van der Waals surface area contributed by atoms with E-state index in [1.807, 2.05) is 26.0 Å². The van der Waals surface area contributed by atoms with Crippen LogP contribution in [0.1, 0.15) is 41.3 Å². The first-order valence-electron chi connectivity index (χ1n) is 7.49. The van der Waals surface area contributed by atoms with Gasteiger partial charge in [0.15, 0.2) is 6.61 Å². The van der Waals surface area contributed by atoms with Crippen LogP contribution in [0.5, 0.6) is 0 Å². The van der Waals surface area contributed by atoms with E-state index >= 15 is 0 Å². The van der Waals surface area contributed by atoms with Gasteiger partial charge in [-0.25, -0.2) is 4.79 Å². The van der Waals surface area contributed by atoms with Crippen molar-refractivity contribution in [1.29, 1.82) is 0 Å². The number of carbonyl (C=O) groups excluding carboxylic acids is 2. The highest BCUT2D eigenvalue weighted by Gasteiger charge is 2.22. The Morgan fingerprint density at radius 1 is 1.33 bits per heavy atom. The number of carbonyl (C=O) groups is 2. The number of rotatable bonds is 3. The minimum atomic E-state index is -0.422. The van der Waals surface area contributed by atoms with Gasteiger partial charge in [0.25, 0.3) is 5.91 Å². The first-order chi connectivity index (χ1) is 9.97. The Morgan fingerprint density at radius 2 is 2.10 bits per heavy atom. The van der Waals surface area contributed by atoms with Gasteiger partial charge in [0, 0.05) is 13.1 Å². The molecule has 1 aromatic rings. The fourth-order valence-corrected chi connectivity index (χ4v) is 2.67. The van der Waals surface area contributed by atoms with Crippen molar-refractivity contribution >= 4 is 11.9 Å². The molecule has 1 aliphatic rings. The highest BCUT2D eigenvalue weighted by atomic mass is 16.5. The van der Waals surface area contributed by atoms with Gasteiger partial charge in [0.05, 0.1) is 5.56 Å². The van der Waals surface area contributed by atoms with Crippen molar-refractivity contribution in [1.82, 2.24) is 4.90 Å². The molecule has 0 radical (unpaired) electrons. The van der Waals surface area contributed by atoms with Crippen LogP contribution in [0.4, 0.5) is 0 Å². The molecular formula is C17H23NO3. The van der Waals surface area contributed by atoms with Gasteiger partial charge in [0.1, 0.15) is 0 Å². The molecule has 0 bridgehead atoms. The summed E-state index contributed by atoms with van der Waals surface area (Å²) in [7, 11) is 0. The largest absolute Gasteiger partial charge is 0.452 e. The maximum atomic E-state index is 12.1. The lowest BCUT2D eigenvalue weighted by Crippen LogP contribution is -2.41. The number of benzene rings is 1. The molecule has 4 heteroatoms. The predicted molar refractivity (Wildman–Crippen MR) is 81.2 cm³/mol. The molecule has 0 N–H and O–H groups in total. The van der Waals surface area contributed by atoms with E-state index in [2.05, 4.69) is 6.92 Å². The number of hydrogen-bond acceptors (Lipinski definition) is 3. The van der Waals surface area contributed by atoms with Gasteiger partial charge < -0.3 is 9.64 Å². The van der Waals surface area contributed by atoms with Gasteiger partial charge >= 0.3 is 5.97 Å². The van der Waals surface area contributed by atoms with E-state index in [-0.39, 0.29) is 12.5 Å². The highest BCUT2D eigenvalue weighted by Crippen LogP contribution is 2.16. The van der Waals surface area contributed by atoms with Gasteiger partial charge in [0.2, 0.25) is 0 Å².